The first-order valence-electron chi connectivity index (χ1n) is 8.86. The van der Waals surface area contributed by atoms with Crippen molar-refractivity contribution in [2.24, 2.45) is 0 Å². The second kappa shape index (κ2) is 7.15. The highest BCUT2D eigenvalue weighted by atomic mass is 16.5. The fraction of sp³-hybridized carbons (Fsp3) is 0.350. The maximum atomic E-state index is 12.5. The van der Waals surface area contributed by atoms with Gasteiger partial charge in [0.1, 0.15) is 5.75 Å². The van der Waals surface area contributed by atoms with E-state index in [1.807, 2.05) is 29.2 Å². The molecule has 2 aliphatic heterocycles. The van der Waals surface area contributed by atoms with Crippen molar-refractivity contribution in [1.29, 1.82) is 0 Å². The summed E-state index contributed by atoms with van der Waals surface area (Å²) in [6, 6.07) is 16.3. The summed E-state index contributed by atoms with van der Waals surface area (Å²) in [6.07, 6.45) is 0.914. The van der Waals surface area contributed by atoms with Crippen LogP contribution < -0.4 is 10.1 Å². The Morgan fingerprint density at radius 1 is 1.04 bits per heavy atom. The van der Waals surface area contributed by atoms with Gasteiger partial charge in [0.15, 0.2) is 0 Å². The molecule has 0 atom stereocenters. The Bertz CT molecular complexity index is 740. The Labute approximate surface area is 148 Å². The highest BCUT2D eigenvalue weighted by Crippen LogP contribution is 2.28. The summed E-state index contributed by atoms with van der Waals surface area (Å²) in [6.45, 7) is 5.00. The van der Waals surface area contributed by atoms with E-state index >= 15 is 0 Å². The molecule has 2 aromatic rings. The lowest BCUT2D eigenvalue weighted by Gasteiger charge is -2.34. The molecule has 1 fully saturated rings. The van der Waals surface area contributed by atoms with Crippen LogP contribution in [-0.2, 0) is 13.0 Å². The van der Waals surface area contributed by atoms with Crippen molar-refractivity contribution in [3.8, 4) is 5.75 Å². The largest absolute Gasteiger partial charge is 0.493 e. The van der Waals surface area contributed by atoms with Gasteiger partial charge in [0.2, 0.25) is 0 Å². The van der Waals surface area contributed by atoms with Crippen molar-refractivity contribution >= 4 is 11.7 Å². The molecule has 0 unspecified atom stereocenters. The van der Waals surface area contributed by atoms with Crippen LogP contribution in [0.5, 0.6) is 5.75 Å². The number of carbonyl (C=O) groups is 1. The number of hydrogen-bond donors (Lipinski definition) is 1. The molecular weight excluding hydrogens is 314 g/mol. The van der Waals surface area contributed by atoms with Crippen molar-refractivity contribution in [1.82, 2.24) is 9.80 Å². The standard InChI is InChI=1S/C20H23N3O2/c24-20(21-18-6-7-19-17(14-18)8-13-25-19)23-11-9-22(10-12-23)15-16-4-2-1-3-5-16/h1-7,14H,8-13,15H2,(H,21,24). The number of ether oxygens (including phenoxy) is 1. The summed E-state index contributed by atoms with van der Waals surface area (Å²) in [4.78, 5) is 16.8. The Kier molecular flexibility index (Phi) is 4.57. The van der Waals surface area contributed by atoms with Crippen LogP contribution in [0.25, 0.3) is 0 Å². The minimum atomic E-state index is -0.0155. The molecule has 0 saturated carbocycles. The molecule has 0 spiro atoms. The topological polar surface area (TPSA) is 44.8 Å². The summed E-state index contributed by atoms with van der Waals surface area (Å²) in [5.74, 6) is 0.938. The molecule has 2 aliphatic rings. The molecule has 1 saturated heterocycles. The summed E-state index contributed by atoms with van der Waals surface area (Å²) in [5.41, 5.74) is 3.34. The summed E-state index contributed by atoms with van der Waals surface area (Å²) in [5, 5.41) is 3.02. The first kappa shape index (κ1) is 16.0. The van der Waals surface area contributed by atoms with E-state index < -0.39 is 0 Å². The van der Waals surface area contributed by atoms with E-state index in [2.05, 4.69) is 34.5 Å². The summed E-state index contributed by atoms with van der Waals surface area (Å²) < 4.78 is 5.51. The highest BCUT2D eigenvalue weighted by molar-refractivity contribution is 5.89. The van der Waals surface area contributed by atoms with Gasteiger partial charge in [-0.2, -0.15) is 0 Å². The Balaban J connectivity index is 1.29. The predicted molar refractivity (Wildman–Crippen MR) is 98.0 cm³/mol. The number of nitrogens with one attached hydrogen (secondary N) is 1. The van der Waals surface area contributed by atoms with Crippen LogP contribution in [-0.4, -0.2) is 48.6 Å². The van der Waals surface area contributed by atoms with Crippen LogP contribution in [0, 0.1) is 0 Å². The average Bonchev–Trinajstić information content (AvgIpc) is 3.11. The summed E-state index contributed by atoms with van der Waals surface area (Å²) in [7, 11) is 0. The van der Waals surface area contributed by atoms with Gasteiger partial charge >= 0.3 is 6.03 Å². The molecule has 0 aliphatic carbocycles. The van der Waals surface area contributed by atoms with E-state index in [0.29, 0.717) is 0 Å². The van der Waals surface area contributed by atoms with Crippen LogP contribution in [0.4, 0.5) is 10.5 Å². The van der Waals surface area contributed by atoms with Gasteiger partial charge in [-0.15, -0.1) is 0 Å². The van der Waals surface area contributed by atoms with Crippen molar-refractivity contribution in [3.63, 3.8) is 0 Å². The van der Waals surface area contributed by atoms with Crippen molar-refractivity contribution in [3.05, 3.63) is 59.7 Å². The molecule has 130 valence electrons. The van der Waals surface area contributed by atoms with Gasteiger partial charge in [-0.25, -0.2) is 4.79 Å². The lowest BCUT2D eigenvalue weighted by atomic mass is 10.1. The molecule has 5 heteroatoms. The van der Waals surface area contributed by atoms with E-state index in [1.54, 1.807) is 0 Å². The van der Waals surface area contributed by atoms with Gasteiger partial charge in [-0.1, -0.05) is 30.3 Å². The number of benzene rings is 2. The quantitative estimate of drug-likeness (QED) is 0.936. The van der Waals surface area contributed by atoms with Gasteiger partial charge in [0.05, 0.1) is 6.61 Å². The van der Waals surface area contributed by atoms with Crippen molar-refractivity contribution in [2.45, 2.75) is 13.0 Å². The van der Waals surface area contributed by atoms with Gasteiger partial charge < -0.3 is 15.0 Å². The molecule has 1 N–H and O–H groups in total. The number of piperazine rings is 1. The normalized spacial score (nSPS) is 17.0. The Hall–Kier alpha value is -2.53. The number of rotatable bonds is 3. The fourth-order valence-electron chi connectivity index (χ4n) is 3.42. The molecule has 0 bridgehead atoms. The molecule has 5 nitrogen and oxygen atoms in total. The third-order valence-electron chi connectivity index (χ3n) is 4.85. The number of carbonyl (C=O) groups excluding carboxylic acids is 1. The third kappa shape index (κ3) is 3.77. The van der Waals surface area contributed by atoms with Crippen LogP contribution in [0.1, 0.15) is 11.1 Å². The van der Waals surface area contributed by atoms with Crippen molar-refractivity contribution < 1.29 is 9.53 Å². The zero-order chi connectivity index (χ0) is 17.1. The van der Waals surface area contributed by atoms with E-state index in [-0.39, 0.29) is 6.03 Å². The van der Waals surface area contributed by atoms with Crippen LogP contribution in [0.3, 0.4) is 0 Å². The molecule has 2 aromatic carbocycles. The Morgan fingerprint density at radius 2 is 1.84 bits per heavy atom. The lowest BCUT2D eigenvalue weighted by molar-refractivity contribution is 0.143. The number of fused-ring (bicyclic) bond motifs is 1. The van der Waals surface area contributed by atoms with Crippen LogP contribution in [0.2, 0.25) is 0 Å². The van der Waals surface area contributed by atoms with Crippen LogP contribution >= 0.6 is 0 Å². The Morgan fingerprint density at radius 3 is 2.64 bits per heavy atom. The van der Waals surface area contributed by atoms with E-state index in [0.717, 1.165) is 57.2 Å². The first-order chi connectivity index (χ1) is 12.3. The first-order valence-corrected chi connectivity index (χ1v) is 8.86. The zero-order valence-corrected chi connectivity index (χ0v) is 14.3. The predicted octanol–water partition coefficient (Wildman–Crippen LogP) is 2.97. The van der Waals surface area contributed by atoms with Crippen LogP contribution in [0.15, 0.2) is 48.5 Å². The van der Waals surface area contributed by atoms with Gasteiger partial charge in [-0.3, -0.25) is 4.90 Å². The molecule has 25 heavy (non-hydrogen) atoms. The number of anilines is 1. The molecule has 0 radical (unpaired) electrons. The molecule has 4 rings (SSSR count). The van der Waals surface area contributed by atoms with Gasteiger partial charge in [0.25, 0.3) is 0 Å². The van der Waals surface area contributed by atoms with Crippen molar-refractivity contribution in [2.75, 3.05) is 38.1 Å². The van der Waals surface area contributed by atoms with Gasteiger partial charge in [-0.05, 0) is 29.3 Å². The minimum absolute atomic E-state index is 0.0155. The summed E-state index contributed by atoms with van der Waals surface area (Å²) >= 11 is 0. The number of amides is 2. The molecule has 2 amide bonds. The van der Waals surface area contributed by atoms with Gasteiger partial charge in [0, 0.05) is 44.8 Å². The molecule has 2 heterocycles. The third-order valence-corrected chi connectivity index (χ3v) is 4.85. The fourth-order valence-corrected chi connectivity index (χ4v) is 3.42. The number of urea groups is 1. The highest BCUT2D eigenvalue weighted by Gasteiger charge is 2.21. The van der Waals surface area contributed by atoms with E-state index in [1.165, 1.54) is 11.1 Å². The molecular formula is C20H23N3O2. The smallest absolute Gasteiger partial charge is 0.321 e. The SMILES string of the molecule is O=C(Nc1ccc2c(c1)CCO2)N1CCN(Cc2ccccc2)CC1. The second-order valence-corrected chi connectivity index (χ2v) is 6.60. The van der Waals surface area contributed by atoms with E-state index in [9.17, 15) is 4.79 Å². The maximum Gasteiger partial charge on any atom is 0.321 e. The van der Waals surface area contributed by atoms with E-state index in [4.69, 9.17) is 4.74 Å². The zero-order valence-electron chi connectivity index (χ0n) is 14.3. The average molecular weight is 337 g/mol. The number of hydrogen-bond acceptors (Lipinski definition) is 3. The monoisotopic (exact) mass is 337 g/mol. The second-order valence-electron chi connectivity index (χ2n) is 6.60. The molecule has 0 aromatic heterocycles. The lowest BCUT2D eigenvalue weighted by Crippen LogP contribution is -2.49. The minimum Gasteiger partial charge on any atom is -0.493 e. The maximum absolute atomic E-state index is 12.5. The number of nitrogens with zero attached hydrogens (tertiary/aromatic N) is 2.